The first kappa shape index (κ1) is 7.40. The minimum atomic E-state index is -0.352. The van der Waals surface area contributed by atoms with E-state index in [4.69, 9.17) is 0 Å². The van der Waals surface area contributed by atoms with Gasteiger partial charge in [0.1, 0.15) is 0 Å². The van der Waals surface area contributed by atoms with Crippen LogP contribution in [0.1, 0.15) is 0 Å². The van der Waals surface area contributed by atoms with Crippen molar-refractivity contribution in [1.82, 2.24) is 0 Å². The Morgan fingerprint density at radius 2 is 2.33 bits per heavy atom. The molecule has 1 aliphatic rings. The van der Waals surface area contributed by atoms with Crippen molar-refractivity contribution < 1.29 is 4.79 Å². The first-order chi connectivity index (χ1) is 4.20. The summed E-state index contributed by atoms with van der Waals surface area (Å²) in [7, 11) is 0. The SMILES string of the molecule is O=C1C=CC(I)=NC1Br. The molecule has 0 aromatic rings. The Labute approximate surface area is 74.7 Å². The number of aliphatic imine (C=N–C) groups is 1. The van der Waals surface area contributed by atoms with Crippen LogP contribution in [0.3, 0.4) is 0 Å². The van der Waals surface area contributed by atoms with Crippen LogP contribution >= 0.6 is 38.5 Å². The maximum atomic E-state index is 10.7. The molecule has 0 N–H and O–H groups in total. The molecule has 2 nitrogen and oxygen atoms in total. The minimum Gasteiger partial charge on any atom is -0.291 e. The van der Waals surface area contributed by atoms with Gasteiger partial charge in [-0.3, -0.25) is 9.79 Å². The number of nitrogens with zero attached hydrogens (tertiary/aromatic N) is 1. The summed E-state index contributed by atoms with van der Waals surface area (Å²) in [5, 5.41) is 0. The Hall–Kier alpha value is 0.290. The van der Waals surface area contributed by atoms with Crippen molar-refractivity contribution in [2.75, 3.05) is 0 Å². The second kappa shape index (κ2) is 2.92. The van der Waals surface area contributed by atoms with Crippen molar-refractivity contribution in [3.05, 3.63) is 12.2 Å². The van der Waals surface area contributed by atoms with Crippen LogP contribution in [0.2, 0.25) is 0 Å². The zero-order chi connectivity index (χ0) is 6.85. The van der Waals surface area contributed by atoms with E-state index in [0.29, 0.717) is 0 Å². The quantitative estimate of drug-likeness (QED) is 0.380. The average Bonchev–Trinajstić information content (AvgIpc) is 1.80. The molecule has 0 saturated heterocycles. The smallest absolute Gasteiger partial charge is 0.191 e. The number of hydrogen-bond acceptors (Lipinski definition) is 2. The number of alkyl halides is 1. The summed E-state index contributed by atoms with van der Waals surface area (Å²) < 4.78 is 0.856. The fraction of sp³-hybridized carbons (Fsp3) is 0.200. The van der Waals surface area contributed by atoms with Gasteiger partial charge in [0.25, 0.3) is 0 Å². The molecule has 0 bridgehead atoms. The van der Waals surface area contributed by atoms with E-state index in [0.717, 1.165) is 3.72 Å². The highest BCUT2D eigenvalue weighted by Crippen LogP contribution is 2.11. The Balaban J connectivity index is 2.82. The van der Waals surface area contributed by atoms with Crippen LogP contribution in [-0.2, 0) is 4.79 Å². The number of carbonyl (C=O) groups excluding carboxylic acids is 1. The van der Waals surface area contributed by atoms with Gasteiger partial charge < -0.3 is 0 Å². The van der Waals surface area contributed by atoms with E-state index in [2.05, 4.69) is 43.5 Å². The van der Waals surface area contributed by atoms with E-state index in [9.17, 15) is 4.79 Å². The van der Waals surface area contributed by atoms with Crippen molar-refractivity contribution >= 4 is 48.0 Å². The highest BCUT2D eigenvalue weighted by Gasteiger charge is 2.13. The largest absolute Gasteiger partial charge is 0.291 e. The number of hydrogen-bond donors (Lipinski definition) is 0. The van der Waals surface area contributed by atoms with Gasteiger partial charge in [-0.05, 0) is 34.7 Å². The van der Waals surface area contributed by atoms with E-state index < -0.39 is 0 Å². The monoisotopic (exact) mass is 299 g/mol. The summed E-state index contributed by atoms with van der Waals surface area (Å²) in [5.74, 6) is 0.00964. The van der Waals surface area contributed by atoms with Crippen LogP contribution in [0.4, 0.5) is 0 Å². The highest BCUT2D eigenvalue weighted by molar-refractivity contribution is 14.1. The van der Waals surface area contributed by atoms with Crippen LogP contribution in [0.5, 0.6) is 0 Å². The lowest BCUT2D eigenvalue weighted by Gasteiger charge is -2.03. The molecule has 0 aromatic carbocycles. The van der Waals surface area contributed by atoms with Crippen molar-refractivity contribution in [3.8, 4) is 0 Å². The summed E-state index contributed by atoms with van der Waals surface area (Å²) in [6, 6.07) is 0. The molecule has 1 atom stereocenters. The second-order valence-corrected chi connectivity index (χ2v) is 3.50. The molecule has 1 unspecified atom stereocenters. The summed E-state index contributed by atoms with van der Waals surface area (Å²) in [6.45, 7) is 0. The van der Waals surface area contributed by atoms with Crippen LogP contribution in [0.15, 0.2) is 17.1 Å². The predicted octanol–water partition coefficient (Wildman–Crippen LogP) is 1.68. The molecule has 1 heterocycles. The van der Waals surface area contributed by atoms with Crippen molar-refractivity contribution in [2.24, 2.45) is 4.99 Å². The maximum Gasteiger partial charge on any atom is 0.191 e. The third-order valence-electron chi connectivity index (χ3n) is 0.857. The second-order valence-electron chi connectivity index (χ2n) is 1.52. The number of allylic oxidation sites excluding steroid dienone is 1. The number of carbonyl (C=O) groups is 1. The Kier molecular flexibility index (Phi) is 2.40. The zero-order valence-corrected chi connectivity index (χ0v) is 8.09. The third-order valence-corrected chi connectivity index (χ3v) is 2.15. The zero-order valence-electron chi connectivity index (χ0n) is 4.34. The van der Waals surface area contributed by atoms with Crippen LogP contribution < -0.4 is 0 Å². The Morgan fingerprint density at radius 3 is 2.78 bits per heavy atom. The lowest BCUT2D eigenvalue weighted by Crippen LogP contribution is -2.12. The topological polar surface area (TPSA) is 29.4 Å². The van der Waals surface area contributed by atoms with Crippen LogP contribution in [-0.4, -0.2) is 14.5 Å². The van der Waals surface area contributed by atoms with Crippen molar-refractivity contribution in [1.29, 1.82) is 0 Å². The van der Waals surface area contributed by atoms with Gasteiger partial charge in [-0.2, -0.15) is 0 Å². The summed E-state index contributed by atoms with van der Waals surface area (Å²) in [5.41, 5.74) is 0. The molecule has 0 amide bonds. The van der Waals surface area contributed by atoms with Crippen LogP contribution in [0.25, 0.3) is 0 Å². The number of halogens is 2. The highest BCUT2D eigenvalue weighted by atomic mass is 127. The van der Waals surface area contributed by atoms with E-state index >= 15 is 0 Å². The molecule has 48 valence electrons. The van der Waals surface area contributed by atoms with Gasteiger partial charge in [0.2, 0.25) is 0 Å². The molecular formula is C5H3BrINO. The lowest BCUT2D eigenvalue weighted by atomic mass is 10.3. The number of ketones is 1. The van der Waals surface area contributed by atoms with E-state index in [1.165, 1.54) is 6.08 Å². The molecule has 4 heteroatoms. The fourth-order valence-corrected chi connectivity index (χ4v) is 1.66. The van der Waals surface area contributed by atoms with Gasteiger partial charge in [-0.15, -0.1) is 0 Å². The molecule has 0 fully saturated rings. The first-order valence-electron chi connectivity index (χ1n) is 2.29. The minimum absolute atomic E-state index is 0.00964. The van der Waals surface area contributed by atoms with E-state index in [1.54, 1.807) is 6.08 Å². The Bertz CT molecular complexity index is 199. The Morgan fingerprint density at radius 1 is 1.67 bits per heavy atom. The maximum absolute atomic E-state index is 10.7. The third kappa shape index (κ3) is 1.86. The average molecular weight is 300 g/mol. The fourth-order valence-electron chi connectivity index (χ4n) is 0.445. The predicted molar refractivity (Wildman–Crippen MR) is 48.3 cm³/mol. The van der Waals surface area contributed by atoms with Crippen molar-refractivity contribution in [2.45, 2.75) is 4.95 Å². The summed E-state index contributed by atoms with van der Waals surface area (Å²) >= 11 is 5.16. The summed E-state index contributed by atoms with van der Waals surface area (Å²) in [6.07, 6.45) is 3.22. The normalized spacial score (nSPS) is 26.2. The van der Waals surface area contributed by atoms with Gasteiger partial charge in [-0.25, -0.2) is 0 Å². The van der Waals surface area contributed by atoms with Gasteiger partial charge in [0.15, 0.2) is 10.7 Å². The lowest BCUT2D eigenvalue weighted by molar-refractivity contribution is -0.113. The molecule has 1 rings (SSSR count). The molecule has 9 heavy (non-hydrogen) atoms. The van der Waals surface area contributed by atoms with Gasteiger partial charge in [-0.1, -0.05) is 15.9 Å². The molecule has 0 aromatic heterocycles. The molecular weight excluding hydrogens is 297 g/mol. The molecule has 0 aliphatic carbocycles. The van der Waals surface area contributed by atoms with Gasteiger partial charge in [0.05, 0.1) is 3.72 Å². The molecule has 0 spiro atoms. The molecule has 1 aliphatic heterocycles. The first-order valence-corrected chi connectivity index (χ1v) is 4.29. The van der Waals surface area contributed by atoms with Crippen LogP contribution in [0, 0.1) is 0 Å². The summed E-state index contributed by atoms with van der Waals surface area (Å²) in [4.78, 5) is 14.3. The van der Waals surface area contributed by atoms with Gasteiger partial charge in [0, 0.05) is 0 Å². The van der Waals surface area contributed by atoms with Gasteiger partial charge >= 0.3 is 0 Å². The van der Waals surface area contributed by atoms with Crippen molar-refractivity contribution in [3.63, 3.8) is 0 Å². The molecule has 0 radical (unpaired) electrons. The molecule has 0 saturated carbocycles. The number of dihydropyridines is 1. The van der Waals surface area contributed by atoms with E-state index in [-0.39, 0.29) is 10.7 Å². The standard InChI is InChI=1S/C5H3BrINO/c6-5-3(9)1-2-4(7)8-5/h1-2,5H. The van der Waals surface area contributed by atoms with E-state index in [1.807, 2.05) is 0 Å². The number of rotatable bonds is 0.